The number of carbonyl (C=O) groups is 2. The lowest BCUT2D eigenvalue weighted by Gasteiger charge is -2.07. The number of nitrogens with one attached hydrogen (secondary N) is 1. The van der Waals surface area contributed by atoms with Crippen LogP contribution in [0.15, 0.2) is 71.7 Å². The molecule has 1 N–H and O–H groups in total. The average molecular weight is 405 g/mol. The molecular weight excluding hydrogens is 386 g/mol. The third-order valence-corrected chi connectivity index (χ3v) is 4.41. The molecule has 0 saturated heterocycles. The maximum Gasteiger partial charge on any atom is 0.338 e. The van der Waals surface area contributed by atoms with E-state index in [-0.39, 0.29) is 11.7 Å². The smallest absolute Gasteiger partial charge is 0.338 e. The highest BCUT2D eigenvalue weighted by Crippen LogP contribution is 2.15. The average Bonchev–Trinajstić information content (AvgIpc) is 3.51. The van der Waals surface area contributed by atoms with Gasteiger partial charge in [0.2, 0.25) is 0 Å². The quantitative estimate of drug-likeness (QED) is 0.474. The van der Waals surface area contributed by atoms with E-state index < -0.39 is 5.97 Å². The van der Waals surface area contributed by atoms with Crippen LogP contribution in [0.3, 0.4) is 0 Å². The molecule has 30 heavy (non-hydrogen) atoms. The van der Waals surface area contributed by atoms with Crippen molar-refractivity contribution in [2.75, 3.05) is 12.4 Å². The molecule has 3 aromatic heterocycles. The predicted octanol–water partition coefficient (Wildman–Crippen LogP) is 2.81. The number of methoxy groups -OCH3 is 1. The number of benzene rings is 1. The number of nitrogens with zero attached hydrogens (tertiary/aromatic N) is 4. The summed E-state index contributed by atoms with van der Waals surface area (Å²) >= 11 is 0. The fourth-order valence-electron chi connectivity index (χ4n) is 2.99. The molecule has 0 aliphatic carbocycles. The summed E-state index contributed by atoms with van der Waals surface area (Å²) in [4.78, 5) is 24.4. The molecule has 0 radical (unpaired) electrons. The highest BCUT2D eigenvalue weighted by molar-refractivity contribution is 6.02. The minimum Gasteiger partial charge on any atom is -0.465 e. The van der Waals surface area contributed by atoms with E-state index in [4.69, 9.17) is 9.15 Å². The van der Waals surface area contributed by atoms with E-state index in [9.17, 15) is 9.59 Å². The Balaban J connectivity index is 1.41. The van der Waals surface area contributed by atoms with Gasteiger partial charge >= 0.3 is 5.97 Å². The topological polar surface area (TPSA) is 104 Å². The van der Waals surface area contributed by atoms with E-state index >= 15 is 0 Å². The van der Waals surface area contributed by atoms with Crippen molar-refractivity contribution in [2.24, 2.45) is 0 Å². The molecule has 0 bridgehead atoms. The summed E-state index contributed by atoms with van der Waals surface area (Å²) in [6.07, 6.45) is 6.71. The van der Waals surface area contributed by atoms with Gasteiger partial charge in [-0.25, -0.2) is 4.79 Å². The minimum atomic E-state index is -0.407. The number of ether oxygens (including phenoxy) is 1. The number of furan rings is 1. The van der Waals surface area contributed by atoms with Gasteiger partial charge in [-0.15, -0.1) is 0 Å². The van der Waals surface area contributed by atoms with Crippen molar-refractivity contribution in [2.45, 2.75) is 13.1 Å². The first-order valence-electron chi connectivity index (χ1n) is 9.18. The van der Waals surface area contributed by atoms with Gasteiger partial charge < -0.3 is 14.5 Å². The van der Waals surface area contributed by atoms with Gasteiger partial charge in [-0.3, -0.25) is 14.2 Å². The third kappa shape index (κ3) is 4.30. The zero-order valence-electron chi connectivity index (χ0n) is 16.2. The number of hydrogen-bond donors (Lipinski definition) is 1. The maximum atomic E-state index is 12.5. The number of hydrogen-bond acceptors (Lipinski definition) is 6. The Hall–Kier alpha value is -4.14. The molecule has 0 spiro atoms. The Morgan fingerprint density at radius 3 is 2.73 bits per heavy atom. The Kier molecular flexibility index (Phi) is 5.42. The van der Waals surface area contributed by atoms with Crippen molar-refractivity contribution in [3.8, 4) is 0 Å². The second-order valence-corrected chi connectivity index (χ2v) is 6.50. The van der Waals surface area contributed by atoms with Crippen molar-refractivity contribution in [3.63, 3.8) is 0 Å². The Labute approximate surface area is 171 Å². The van der Waals surface area contributed by atoms with E-state index in [2.05, 4.69) is 15.5 Å². The molecule has 9 heteroatoms. The first kappa shape index (κ1) is 19.2. The third-order valence-electron chi connectivity index (χ3n) is 4.41. The van der Waals surface area contributed by atoms with Crippen LogP contribution in [0.1, 0.15) is 32.2 Å². The van der Waals surface area contributed by atoms with E-state index in [1.165, 1.54) is 13.3 Å². The van der Waals surface area contributed by atoms with Crippen molar-refractivity contribution < 1.29 is 18.7 Å². The maximum absolute atomic E-state index is 12.5. The zero-order chi connectivity index (χ0) is 20.9. The normalized spacial score (nSPS) is 10.7. The number of anilines is 1. The molecule has 0 saturated carbocycles. The van der Waals surface area contributed by atoms with Crippen LogP contribution < -0.4 is 5.32 Å². The number of carbonyl (C=O) groups excluding carboxylic acids is 2. The van der Waals surface area contributed by atoms with Crippen LogP contribution in [-0.4, -0.2) is 38.5 Å². The summed E-state index contributed by atoms with van der Waals surface area (Å²) in [5.74, 6) is 0.0335. The molecule has 0 atom stereocenters. The van der Waals surface area contributed by atoms with E-state index in [1.54, 1.807) is 46.0 Å². The lowest BCUT2D eigenvalue weighted by molar-refractivity contribution is 0.0599. The Bertz CT molecular complexity index is 1160. The SMILES string of the molecule is COC(=O)c1ccccc1Cn1cc(NC(=O)c2ccc(Cn3cccn3)o2)cn1. The van der Waals surface area contributed by atoms with Crippen molar-refractivity contribution >= 4 is 17.6 Å². The van der Waals surface area contributed by atoms with Gasteiger partial charge in [-0.2, -0.15) is 10.2 Å². The summed E-state index contributed by atoms with van der Waals surface area (Å²) in [5.41, 5.74) is 1.75. The summed E-state index contributed by atoms with van der Waals surface area (Å²) in [6, 6.07) is 12.3. The molecule has 4 rings (SSSR count). The lowest BCUT2D eigenvalue weighted by Crippen LogP contribution is -2.11. The first-order valence-corrected chi connectivity index (χ1v) is 9.18. The standard InChI is InChI=1S/C21H19N5O4/c1-29-21(28)18-6-3-2-5-15(18)12-26-13-16(11-23-26)24-20(27)19-8-7-17(30-19)14-25-10-4-9-22-25/h2-11,13H,12,14H2,1H3,(H,24,27). The molecule has 0 aliphatic rings. The second kappa shape index (κ2) is 8.48. The van der Waals surface area contributed by atoms with Gasteiger partial charge in [0, 0.05) is 18.6 Å². The molecule has 3 heterocycles. The molecule has 0 aliphatic heterocycles. The lowest BCUT2D eigenvalue weighted by atomic mass is 10.1. The zero-order valence-corrected chi connectivity index (χ0v) is 16.2. The highest BCUT2D eigenvalue weighted by Gasteiger charge is 2.14. The van der Waals surface area contributed by atoms with Crippen molar-refractivity contribution in [1.29, 1.82) is 0 Å². The van der Waals surface area contributed by atoms with E-state index in [0.29, 0.717) is 30.1 Å². The summed E-state index contributed by atoms with van der Waals surface area (Å²) in [5, 5.41) is 11.1. The van der Waals surface area contributed by atoms with Crippen LogP contribution in [0, 0.1) is 0 Å². The Morgan fingerprint density at radius 2 is 1.93 bits per heavy atom. The van der Waals surface area contributed by atoms with Crippen LogP contribution in [0.2, 0.25) is 0 Å². The highest BCUT2D eigenvalue weighted by atomic mass is 16.5. The van der Waals surface area contributed by atoms with Gasteiger partial charge in [0.05, 0.1) is 37.6 Å². The van der Waals surface area contributed by atoms with E-state index in [0.717, 1.165) is 5.56 Å². The second-order valence-electron chi connectivity index (χ2n) is 6.50. The first-order chi connectivity index (χ1) is 14.6. The molecule has 4 aromatic rings. The monoisotopic (exact) mass is 405 g/mol. The van der Waals surface area contributed by atoms with Crippen molar-refractivity contribution in [1.82, 2.24) is 19.6 Å². The largest absolute Gasteiger partial charge is 0.465 e. The molecule has 9 nitrogen and oxygen atoms in total. The van der Waals surface area contributed by atoms with Gasteiger partial charge in [0.15, 0.2) is 5.76 Å². The summed E-state index contributed by atoms with van der Waals surface area (Å²) in [7, 11) is 1.34. The molecule has 0 unspecified atom stereocenters. The van der Waals surface area contributed by atoms with Crippen LogP contribution in [0.4, 0.5) is 5.69 Å². The van der Waals surface area contributed by atoms with Crippen molar-refractivity contribution in [3.05, 3.63) is 89.9 Å². The fourth-order valence-corrected chi connectivity index (χ4v) is 2.99. The predicted molar refractivity (Wildman–Crippen MR) is 107 cm³/mol. The molecule has 1 amide bonds. The van der Waals surface area contributed by atoms with Crippen LogP contribution in [-0.2, 0) is 17.8 Å². The van der Waals surface area contributed by atoms with Crippen LogP contribution >= 0.6 is 0 Å². The van der Waals surface area contributed by atoms with Crippen LogP contribution in [0.5, 0.6) is 0 Å². The van der Waals surface area contributed by atoms with Gasteiger partial charge in [0.25, 0.3) is 5.91 Å². The summed E-state index contributed by atoms with van der Waals surface area (Å²) in [6.45, 7) is 0.799. The van der Waals surface area contributed by atoms with Gasteiger partial charge in [0.1, 0.15) is 5.76 Å². The summed E-state index contributed by atoms with van der Waals surface area (Å²) < 4.78 is 13.7. The molecule has 1 aromatic carbocycles. The minimum absolute atomic E-state index is 0.195. The number of rotatable bonds is 7. The Morgan fingerprint density at radius 1 is 1.07 bits per heavy atom. The van der Waals surface area contributed by atoms with Gasteiger partial charge in [-0.05, 0) is 29.8 Å². The number of aromatic nitrogens is 4. The number of amides is 1. The van der Waals surface area contributed by atoms with Crippen LogP contribution in [0.25, 0.3) is 0 Å². The fraction of sp³-hybridized carbons (Fsp3) is 0.143. The molecular formula is C21H19N5O4. The van der Waals surface area contributed by atoms with Gasteiger partial charge in [-0.1, -0.05) is 18.2 Å². The van der Waals surface area contributed by atoms with E-state index in [1.807, 2.05) is 24.4 Å². The molecule has 152 valence electrons. The number of esters is 1. The molecule has 0 fully saturated rings.